The summed E-state index contributed by atoms with van der Waals surface area (Å²) in [4.78, 5) is 4.10. The number of rotatable bonds is 1. The van der Waals surface area contributed by atoms with Gasteiger partial charge in [-0.25, -0.2) is 4.98 Å². The van der Waals surface area contributed by atoms with Crippen LogP contribution in [-0.4, -0.2) is 22.0 Å². The van der Waals surface area contributed by atoms with Crippen LogP contribution in [-0.2, 0) is 0 Å². The van der Waals surface area contributed by atoms with Crippen LogP contribution < -0.4 is 9.47 Å². The van der Waals surface area contributed by atoms with Crippen molar-refractivity contribution in [2.24, 2.45) is 0 Å². The quantitative estimate of drug-likeness (QED) is 0.791. The van der Waals surface area contributed by atoms with Crippen molar-refractivity contribution in [3.05, 3.63) is 28.7 Å². The molecule has 0 atom stereocenters. The van der Waals surface area contributed by atoms with Gasteiger partial charge in [0, 0.05) is 5.56 Å². The number of ether oxygens (including phenoxy) is 2. The van der Waals surface area contributed by atoms with E-state index in [4.69, 9.17) is 21.1 Å². The van der Waals surface area contributed by atoms with Crippen LogP contribution in [0.5, 0.6) is 11.5 Å². The molecule has 5 nitrogen and oxygen atoms in total. The molecule has 1 aromatic heterocycles. The van der Waals surface area contributed by atoms with Crippen molar-refractivity contribution in [3.63, 3.8) is 0 Å². The van der Waals surface area contributed by atoms with Gasteiger partial charge in [-0.2, -0.15) is 0 Å². The predicted octanol–water partition coefficient (Wildman–Crippen LogP) is 2.54. The SMILES string of the molecule is Cc1nnc(-c2cc3c(cc2C)OCO3)c(Cl)n1. The Hall–Kier alpha value is -1.88. The smallest absolute Gasteiger partial charge is 0.231 e. The fourth-order valence-corrected chi connectivity index (χ4v) is 2.11. The van der Waals surface area contributed by atoms with E-state index in [9.17, 15) is 0 Å². The first-order valence-electron chi connectivity index (χ1n) is 5.42. The van der Waals surface area contributed by atoms with E-state index < -0.39 is 0 Å². The molecular formula is C12H10ClN3O2. The number of aryl methyl sites for hydroxylation is 2. The topological polar surface area (TPSA) is 57.1 Å². The summed E-state index contributed by atoms with van der Waals surface area (Å²) in [6, 6.07) is 3.75. The van der Waals surface area contributed by atoms with E-state index in [1.165, 1.54) is 0 Å². The number of hydrogen-bond acceptors (Lipinski definition) is 5. The second kappa shape index (κ2) is 4.10. The van der Waals surface area contributed by atoms with Crippen molar-refractivity contribution in [3.8, 4) is 22.8 Å². The highest BCUT2D eigenvalue weighted by Crippen LogP contribution is 2.38. The minimum absolute atomic E-state index is 0.240. The monoisotopic (exact) mass is 263 g/mol. The highest BCUT2D eigenvalue weighted by molar-refractivity contribution is 6.31. The Morgan fingerprint density at radius 2 is 1.83 bits per heavy atom. The van der Waals surface area contributed by atoms with E-state index in [2.05, 4.69) is 15.2 Å². The number of fused-ring (bicyclic) bond motifs is 1. The lowest BCUT2D eigenvalue weighted by atomic mass is 10.1. The van der Waals surface area contributed by atoms with Gasteiger partial charge < -0.3 is 9.47 Å². The molecule has 0 amide bonds. The maximum atomic E-state index is 6.10. The summed E-state index contributed by atoms with van der Waals surface area (Å²) >= 11 is 6.10. The molecule has 0 saturated heterocycles. The maximum absolute atomic E-state index is 6.10. The molecule has 0 aliphatic carbocycles. The van der Waals surface area contributed by atoms with Gasteiger partial charge in [0.05, 0.1) is 0 Å². The number of nitrogens with zero attached hydrogens (tertiary/aromatic N) is 3. The molecule has 0 N–H and O–H groups in total. The van der Waals surface area contributed by atoms with Crippen molar-refractivity contribution < 1.29 is 9.47 Å². The van der Waals surface area contributed by atoms with Crippen molar-refractivity contribution in [1.29, 1.82) is 0 Å². The highest BCUT2D eigenvalue weighted by Gasteiger charge is 2.19. The lowest BCUT2D eigenvalue weighted by Crippen LogP contribution is -1.97. The van der Waals surface area contributed by atoms with Crippen LogP contribution >= 0.6 is 11.6 Å². The Bertz CT molecular complexity index is 631. The molecule has 92 valence electrons. The van der Waals surface area contributed by atoms with Crippen LogP contribution in [0.1, 0.15) is 11.4 Å². The molecule has 18 heavy (non-hydrogen) atoms. The van der Waals surface area contributed by atoms with E-state index in [1.54, 1.807) is 6.92 Å². The zero-order valence-corrected chi connectivity index (χ0v) is 10.7. The first-order chi connectivity index (χ1) is 8.65. The Labute approximate surface area is 109 Å². The van der Waals surface area contributed by atoms with Crippen LogP contribution in [0.25, 0.3) is 11.3 Å². The molecule has 3 rings (SSSR count). The van der Waals surface area contributed by atoms with Gasteiger partial charge >= 0.3 is 0 Å². The average molecular weight is 264 g/mol. The van der Waals surface area contributed by atoms with Gasteiger partial charge in [0.2, 0.25) is 6.79 Å². The highest BCUT2D eigenvalue weighted by atomic mass is 35.5. The molecule has 0 saturated carbocycles. The standard InChI is InChI=1S/C12H10ClN3O2/c1-6-3-9-10(18-5-17-9)4-8(6)11-12(13)14-7(2)15-16-11/h3-4H,5H2,1-2H3. The van der Waals surface area contributed by atoms with Crippen molar-refractivity contribution >= 4 is 11.6 Å². The third-order valence-electron chi connectivity index (χ3n) is 2.72. The first kappa shape index (κ1) is 11.2. The van der Waals surface area contributed by atoms with E-state index in [-0.39, 0.29) is 6.79 Å². The number of halogens is 1. The third-order valence-corrected chi connectivity index (χ3v) is 2.99. The Morgan fingerprint density at radius 1 is 1.11 bits per heavy atom. The summed E-state index contributed by atoms with van der Waals surface area (Å²) in [5.41, 5.74) is 2.39. The minimum atomic E-state index is 0.240. The summed E-state index contributed by atoms with van der Waals surface area (Å²) in [6.45, 7) is 3.94. The second-order valence-electron chi connectivity index (χ2n) is 4.02. The molecular weight excluding hydrogens is 254 g/mol. The van der Waals surface area contributed by atoms with E-state index in [0.29, 0.717) is 22.4 Å². The zero-order chi connectivity index (χ0) is 12.7. The number of aromatic nitrogens is 3. The van der Waals surface area contributed by atoms with Gasteiger partial charge in [-0.1, -0.05) is 11.6 Å². The lowest BCUT2D eigenvalue weighted by Gasteiger charge is -2.07. The van der Waals surface area contributed by atoms with Crippen LogP contribution in [0.3, 0.4) is 0 Å². The van der Waals surface area contributed by atoms with Crippen molar-refractivity contribution in [2.75, 3.05) is 6.79 Å². The molecule has 6 heteroatoms. The molecule has 2 heterocycles. The van der Waals surface area contributed by atoms with Gasteiger partial charge in [0.15, 0.2) is 16.7 Å². The van der Waals surface area contributed by atoms with Crippen molar-refractivity contribution in [2.45, 2.75) is 13.8 Å². The summed E-state index contributed by atoms with van der Waals surface area (Å²) in [6.07, 6.45) is 0. The van der Waals surface area contributed by atoms with Gasteiger partial charge in [-0.15, -0.1) is 10.2 Å². The van der Waals surface area contributed by atoms with Crippen LogP contribution in [0, 0.1) is 13.8 Å². The normalized spacial score (nSPS) is 12.8. The lowest BCUT2D eigenvalue weighted by molar-refractivity contribution is 0.174. The number of hydrogen-bond donors (Lipinski definition) is 0. The molecule has 1 aliphatic rings. The molecule has 0 radical (unpaired) electrons. The minimum Gasteiger partial charge on any atom is -0.454 e. The van der Waals surface area contributed by atoms with Crippen molar-refractivity contribution in [1.82, 2.24) is 15.2 Å². The summed E-state index contributed by atoms with van der Waals surface area (Å²) < 4.78 is 10.7. The van der Waals surface area contributed by atoms with Crippen LogP contribution in [0.4, 0.5) is 0 Å². The molecule has 0 spiro atoms. The summed E-state index contributed by atoms with van der Waals surface area (Å²) in [5, 5.41) is 8.36. The fourth-order valence-electron chi connectivity index (χ4n) is 1.84. The third kappa shape index (κ3) is 1.76. The molecule has 2 aromatic rings. The van der Waals surface area contributed by atoms with Gasteiger partial charge in [0.25, 0.3) is 0 Å². The Morgan fingerprint density at radius 3 is 2.56 bits per heavy atom. The zero-order valence-electron chi connectivity index (χ0n) is 9.90. The number of benzene rings is 1. The first-order valence-corrected chi connectivity index (χ1v) is 5.80. The van der Waals surface area contributed by atoms with Gasteiger partial charge in [-0.05, 0) is 31.5 Å². The molecule has 1 aromatic carbocycles. The molecule has 0 bridgehead atoms. The van der Waals surface area contributed by atoms with E-state index >= 15 is 0 Å². The Balaban J connectivity index is 2.17. The van der Waals surface area contributed by atoms with Crippen LogP contribution in [0.2, 0.25) is 5.15 Å². The van der Waals surface area contributed by atoms with Gasteiger partial charge in [0.1, 0.15) is 11.5 Å². The van der Waals surface area contributed by atoms with E-state index in [0.717, 1.165) is 16.9 Å². The molecule has 0 unspecified atom stereocenters. The predicted molar refractivity (Wildman–Crippen MR) is 65.9 cm³/mol. The molecule has 0 fully saturated rings. The maximum Gasteiger partial charge on any atom is 0.231 e. The second-order valence-corrected chi connectivity index (χ2v) is 4.38. The summed E-state index contributed by atoms with van der Waals surface area (Å²) in [7, 11) is 0. The fraction of sp³-hybridized carbons (Fsp3) is 0.250. The Kier molecular flexibility index (Phi) is 2.56. The largest absolute Gasteiger partial charge is 0.454 e. The average Bonchev–Trinajstić information content (AvgIpc) is 2.75. The van der Waals surface area contributed by atoms with Crippen LogP contribution in [0.15, 0.2) is 12.1 Å². The van der Waals surface area contributed by atoms with E-state index in [1.807, 2.05) is 19.1 Å². The molecule has 1 aliphatic heterocycles. The van der Waals surface area contributed by atoms with Gasteiger partial charge in [-0.3, -0.25) is 0 Å². The summed E-state index contributed by atoms with van der Waals surface area (Å²) in [5.74, 6) is 1.97.